The lowest BCUT2D eigenvalue weighted by atomic mass is 10.1. The molecular weight excluding hydrogens is 242 g/mol. The highest BCUT2D eigenvalue weighted by atomic mass is 32.2. The van der Waals surface area contributed by atoms with Crippen LogP contribution in [0.3, 0.4) is 0 Å². The molecule has 2 N–H and O–H groups in total. The smallest absolute Gasteiger partial charge is 0.321 e. The molecule has 0 bridgehead atoms. The van der Waals surface area contributed by atoms with Gasteiger partial charge in [0.25, 0.3) is 0 Å². The second-order valence-corrected chi connectivity index (χ2v) is 6.59. The quantitative estimate of drug-likeness (QED) is 0.729. The Morgan fingerprint density at radius 1 is 1.41 bits per heavy atom. The van der Waals surface area contributed by atoms with Crippen molar-refractivity contribution < 1.29 is 18.3 Å². The fraction of sp³-hybridized carbons (Fsp3) is 0.909. The largest absolute Gasteiger partial charge is 0.480 e. The van der Waals surface area contributed by atoms with E-state index in [1.807, 2.05) is 6.92 Å². The minimum atomic E-state index is -3.47. The maximum atomic E-state index is 11.9. The molecule has 0 radical (unpaired) electrons. The van der Waals surface area contributed by atoms with Crippen molar-refractivity contribution in [2.75, 3.05) is 0 Å². The van der Waals surface area contributed by atoms with Crippen molar-refractivity contribution in [3.63, 3.8) is 0 Å². The van der Waals surface area contributed by atoms with Crippen LogP contribution in [0.2, 0.25) is 0 Å². The molecule has 17 heavy (non-hydrogen) atoms. The van der Waals surface area contributed by atoms with Gasteiger partial charge in [0.2, 0.25) is 10.0 Å². The Kier molecular flexibility index (Phi) is 5.39. The van der Waals surface area contributed by atoms with E-state index in [0.717, 1.165) is 19.3 Å². The van der Waals surface area contributed by atoms with Crippen LogP contribution < -0.4 is 4.72 Å². The number of carbonyl (C=O) groups is 1. The van der Waals surface area contributed by atoms with Crippen LogP contribution >= 0.6 is 0 Å². The van der Waals surface area contributed by atoms with Gasteiger partial charge in [-0.2, -0.15) is 0 Å². The van der Waals surface area contributed by atoms with Crippen molar-refractivity contribution in [2.45, 2.75) is 63.2 Å². The monoisotopic (exact) mass is 263 g/mol. The highest BCUT2D eigenvalue weighted by molar-refractivity contribution is 7.90. The van der Waals surface area contributed by atoms with E-state index < -0.39 is 27.3 Å². The summed E-state index contributed by atoms with van der Waals surface area (Å²) in [6.07, 6.45) is 5.05. The van der Waals surface area contributed by atoms with Gasteiger partial charge in [0.15, 0.2) is 0 Å². The molecule has 1 atom stereocenters. The first kappa shape index (κ1) is 14.4. The molecule has 0 aromatic carbocycles. The lowest BCUT2D eigenvalue weighted by Crippen LogP contribution is -2.44. The average Bonchev–Trinajstić information content (AvgIpc) is 2.77. The Labute approximate surface area is 103 Å². The van der Waals surface area contributed by atoms with Crippen molar-refractivity contribution in [2.24, 2.45) is 0 Å². The summed E-state index contributed by atoms with van der Waals surface area (Å²) in [5, 5.41) is 8.58. The second-order valence-electron chi connectivity index (χ2n) is 4.60. The third-order valence-corrected chi connectivity index (χ3v) is 5.15. The van der Waals surface area contributed by atoms with Crippen LogP contribution in [0.5, 0.6) is 0 Å². The van der Waals surface area contributed by atoms with Crippen LogP contribution in [0.25, 0.3) is 0 Å². The van der Waals surface area contributed by atoms with Crippen molar-refractivity contribution in [3.8, 4) is 0 Å². The van der Waals surface area contributed by atoms with Gasteiger partial charge in [-0.1, -0.05) is 32.6 Å². The summed E-state index contributed by atoms with van der Waals surface area (Å²) in [6.45, 7) is 1.95. The zero-order chi connectivity index (χ0) is 12.9. The SMILES string of the molecule is CCCCC(NS(=O)(=O)C1CCCC1)C(=O)O. The standard InChI is InChI=1S/C11H21NO4S/c1-2-3-8-10(11(13)14)12-17(15,16)9-6-4-5-7-9/h9-10,12H,2-8H2,1H3,(H,13,14). The van der Waals surface area contributed by atoms with Crippen molar-refractivity contribution in [1.82, 2.24) is 4.72 Å². The van der Waals surface area contributed by atoms with Gasteiger partial charge in [0.05, 0.1) is 5.25 Å². The number of carboxylic acids is 1. The van der Waals surface area contributed by atoms with Gasteiger partial charge in [0, 0.05) is 0 Å². The highest BCUT2D eigenvalue weighted by Crippen LogP contribution is 2.24. The lowest BCUT2D eigenvalue weighted by molar-refractivity contribution is -0.139. The van der Waals surface area contributed by atoms with E-state index in [1.165, 1.54) is 0 Å². The third-order valence-electron chi connectivity index (χ3n) is 3.19. The number of aliphatic carboxylic acids is 1. The van der Waals surface area contributed by atoms with Gasteiger partial charge in [-0.15, -0.1) is 0 Å². The van der Waals surface area contributed by atoms with Crippen LogP contribution in [-0.4, -0.2) is 30.8 Å². The first-order chi connectivity index (χ1) is 7.97. The topological polar surface area (TPSA) is 83.5 Å². The molecule has 0 aromatic rings. The summed E-state index contributed by atoms with van der Waals surface area (Å²) in [6, 6.07) is -0.972. The van der Waals surface area contributed by atoms with E-state index in [1.54, 1.807) is 0 Å². The molecule has 0 aliphatic heterocycles. The number of rotatable bonds is 7. The fourth-order valence-electron chi connectivity index (χ4n) is 2.13. The Morgan fingerprint density at radius 2 is 2.00 bits per heavy atom. The molecule has 1 aliphatic carbocycles. The lowest BCUT2D eigenvalue weighted by Gasteiger charge is -2.17. The van der Waals surface area contributed by atoms with Crippen LogP contribution in [0.4, 0.5) is 0 Å². The maximum Gasteiger partial charge on any atom is 0.321 e. The molecule has 0 aromatic heterocycles. The van der Waals surface area contributed by atoms with E-state index in [2.05, 4.69) is 4.72 Å². The Hall–Kier alpha value is -0.620. The molecule has 1 aliphatic rings. The maximum absolute atomic E-state index is 11.9. The Bertz CT molecular complexity index is 346. The average molecular weight is 263 g/mol. The van der Waals surface area contributed by atoms with Gasteiger partial charge in [-0.05, 0) is 19.3 Å². The zero-order valence-corrected chi connectivity index (χ0v) is 11.0. The molecule has 0 saturated heterocycles. The number of hydrogen-bond acceptors (Lipinski definition) is 3. The number of carboxylic acid groups (broad SMARTS) is 1. The van der Waals surface area contributed by atoms with Crippen molar-refractivity contribution in [1.29, 1.82) is 0 Å². The van der Waals surface area contributed by atoms with E-state index in [0.29, 0.717) is 25.7 Å². The second kappa shape index (κ2) is 6.35. The van der Waals surface area contributed by atoms with E-state index >= 15 is 0 Å². The normalized spacial score (nSPS) is 19.4. The summed E-state index contributed by atoms with van der Waals surface area (Å²) in [5.41, 5.74) is 0. The summed E-state index contributed by atoms with van der Waals surface area (Å²) >= 11 is 0. The van der Waals surface area contributed by atoms with E-state index in [4.69, 9.17) is 5.11 Å². The van der Waals surface area contributed by atoms with Gasteiger partial charge in [-0.3, -0.25) is 4.79 Å². The molecule has 6 heteroatoms. The van der Waals surface area contributed by atoms with Crippen LogP contribution in [-0.2, 0) is 14.8 Å². The third kappa shape index (κ3) is 4.27. The summed E-state index contributed by atoms with van der Waals surface area (Å²) in [5.74, 6) is -1.08. The number of hydrogen-bond donors (Lipinski definition) is 2. The van der Waals surface area contributed by atoms with Crippen LogP contribution in [0.15, 0.2) is 0 Å². The van der Waals surface area contributed by atoms with Crippen LogP contribution in [0.1, 0.15) is 51.9 Å². The van der Waals surface area contributed by atoms with Gasteiger partial charge in [-0.25, -0.2) is 13.1 Å². The number of unbranched alkanes of at least 4 members (excludes halogenated alkanes) is 1. The zero-order valence-electron chi connectivity index (χ0n) is 10.2. The molecular formula is C11H21NO4S. The fourth-order valence-corrected chi connectivity index (χ4v) is 3.90. The van der Waals surface area contributed by atoms with Gasteiger partial charge in [0.1, 0.15) is 6.04 Å². The molecule has 1 rings (SSSR count). The Balaban J connectivity index is 2.61. The highest BCUT2D eigenvalue weighted by Gasteiger charge is 2.32. The van der Waals surface area contributed by atoms with Gasteiger partial charge < -0.3 is 5.11 Å². The predicted molar refractivity (Wildman–Crippen MR) is 65.3 cm³/mol. The Morgan fingerprint density at radius 3 is 2.47 bits per heavy atom. The van der Waals surface area contributed by atoms with Crippen LogP contribution in [0, 0.1) is 0 Å². The number of nitrogens with one attached hydrogen (secondary N) is 1. The van der Waals surface area contributed by atoms with E-state index in [9.17, 15) is 13.2 Å². The van der Waals surface area contributed by atoms with Crippen molar-refractivity contribution in [3.05, 3.63) is 0 Å². The molecule has 0 amide bonds. The minimum absolute atomic E-state index is 0.359. The summed E-state index contributed by atoms with van der Waals surface area (Å²) in [4.78, 5) is 11.0. The first-order valence-corrected chi connectivity index (χ1v) is 7.76. The molecule has 1 unspecified atom stereocenters. The molecule has 0 heterocycles. The molecule has 100 valence electrons. The molecule has 5 nitrogen and oxygen atoms in total. The first-order valence-electron chi connectivity index (χ1n) is 6.21. The number of sulfonamides is 1. The predicted octanol–water partition coefficient (Wildman–Crippen LogP) is 1.49. The van der Waals surface area contributed by atoms with Crippen molar-refractivity contribution >= 4 is 16.0 Å². The minimum Gasteiger partial charge on any atom is -0.480 e. The molecule has 0 spiro atoms. The molecule has 1 saturated carbocycles. The summed E-state index contributed by atoms with van der Waals surface area (Å²) in [7, 11) is -3.47. The summed E-state index contributed by atoms with van der Waals surface area (Å²) < 4.78 is 26.2. The van der Waals surface area contributed by atoms with E-state index in [-0.39, 0.29) is 0 Å². The van der Waals surface area contributed by atoms with Gasteiger partial charge >= 0.3 is 5.97 Å². The molecule has 1 fully saturated rings.